The minimum atomic E-state index is -3.46. The standard InChI is InChI=1S/C20H26N2O4S/c1-15(2)16-5-9-18(10-6-16)22(27(4,24)25)14-13-21-20(23)17-7-11-19(26-3)12-8-17/h5-12,15H,13-14H2,1-4H3,(H,21,23). The number of sulfonamides is 1. The maximum Gasteiger partial charge on any atom is 0.251 e. The van der Waals surface area contributed by atoms with Gasteiger partial charge in [0.25, 0.3) is 5.91 Å². The van der Waals surface area contributed by atoms with Crippen molar-refractivity contribution in [2.45, 2.75) is 19.8 Å². The van der Waals surface area contributed by atoms with E-state index in [1.54, 1.807) is 43.5 Å². The maximum atomic E-state index is 12.2. The average Bonchev–Trinajstić information content (AvgIpc) is 2.64. The third-order valence-corrected chi connectivity index (χ3v) is 5.39. The molecule has 0 aliphatic rings. The smallest absolute Gasteiger partial charge is 0.251 e. The van der Waals surface area contributed by atoms with Crippen LogP contribution in [0.4, 0.5) is 5.69 Å². The summed E-state index contributed by atoms with van der Waals surface area (Å²) in [5, 5.41) is 2.75. The number of anilines is 1. The molecule has 27 heavy (non-hydrogen) atoms. The zero-order chi connectivity index (χ0) is 20.0. The Morgan fingerprint density at radius 2 is 1.67 bits per heavy atom. The number of hydrogen-bond donors (Lipinski definition) is 1. The molecule has 1 amide bonds. The number of ether oxygens (including phenoxy) is 1. The first-order valence-corrected chi connectivity index (χ1v) is 10.6. The third-order valence-electron chi connectivity index (χ3n) is 4.20. The molecule has 0 spiro atoms. The van der Waals surface area contributed by atoms with Crippen LogP contribution in [0.1, 0.15) is 35.7 Å². The molecule has 0 saturated heterocycles. The SMILES string of the molecule is COc1ccc(C(=O)NCCN(c2ccc(C(C)C)cc2)S(C)(=O)=O)cc1. The van der Waals surface area contributed by atoms with E-state index in [1.807, 2.05) is 12.1 Å². The van der Waals surface area contributed by atoms with Gasteiger partial charge in [0, 0.05) is 12.1 Å². The molecule has 0 aromatic heterocycles. The van der Waals surface area contributed by atoms with Gasteiger partial charge in [0.05, 0.1) is 25.6 Å². The molecule has 0 unspecified atom stereocenters. The molecule has 2 aromatic carbocycles. The average molecular weight is 391 g/mol. The van der Waals surface area contributed by atoms with E-state index in [0.29, 0.717) is 22.9 Å². The summed E-state index contributed by atoms with van der Waals surface area (Å²) >= 11 is 0. The zero-order valence-electron chi connectivity index (χ0n) is 16.1. The van der Waals surface area contributed by atoms with Crippen molar-refractivity contribution in [2.24, 2.45) is 0 Å². The molecule has 146 valence electrons. The highest BCUT2D eigenvalue weighted by molar-refractivity contribution is 7.92. The Morgan fingerprint density at radius 1 is 1.07 bits per heavy atom. The summed E-state index contributed by atoms with van der Waals surface area (Å²) in [5.41, 5.74) is 2.21. The fourth-order valence-electron chi connectivity index (χ4n) is 2.63. The first kappa shape index (κ1) is 20.8. The lowest BCUT2D eigenvalue weighted by molar-refractivity contribution is 0.0955. The van der Waals surface area contributed by atoms with Crippen LogP contribution in [0.2, 0.25) is 0 Å². The van der Waals surface area contributed by atoms with E-state index in [4.69, 9.17) is 4.74 Å². The van der Waals surface area contributed by atoms with Crippen molar-refractivity contribution in [3.63, 3.8) is 0 Å². The predicted octanol–water partition coefficient (Wildman–Crippen LogP) is 3.01. The number of benzene rings is 2. The summed E-state index contributed by atoms with van der Waals surface area (Å²) in [5.74, 6) is 0.774. The Kier molecular flexibility index (Phi) is 6.85. The van der Waals surface area contributed by atoms with Crippen molar-refractivity contribution in [1.29, 1.82) is 0 Å². The molecule has 0 atom stereocenters. The van der Waals surface area contributed by atoms with Crippen LogP contribution in [0.15, 0.2) is 48.5 Å². The van der Waals surface area contributed by atoms with Gasteiger partial charge in [-0.1, -0.05) is 26.0 Å². The minimum absolute atomic E-state index is 0.155. The lowest BCUT2D eigenvalue weighted by atomic mass is 10.0. The van der Waals surface area contributed by atoms with Gasteiger partial charge in [-0.25, -0.2) is 8.42 Å². The molecule has 0 aliphatic heterocycles. The van der Waals surface area contributed by atoms with Crippen molar-refractivity contribution in [1.82, 2.24) is 5.32 Å². The molecule has 0 aliphatic carbocycles. The van der Waals surface area contributed by atoms with Crippen LogP contribution < -0.4 is 14.4 Å². The van der Waals surface area contributed by atoms with Crippen LogP contribution in [-0.4, -0.2) is 40.8 Å². The lowest BCUT2D eigenvalue weighted by Gasteiger charge is -2.23. The van der Waals surface area contributed by atoms with E-state index in [2.05, 4.69) is 19.2 Å². The number of nitrogens with one attached hydrogen (secondary N) is 1. The normalized spacial score (nSPS) is 11.3. The quantitative estimate of drug-likeness (QED) is 0.752. The van der Waals surface area contributed by atoms with Crippen molar-refractivity contribution >= 4 is 21.6 Å². The van der Waals surface area contributed by atoms with Crippen LogP contribution in [0.3, 0.4) is 0 Å². The fourth-order valence-corrected chi connectivity index (χ4v) is 3.55. The number of carbonyl (C=O) groups excluding carboxylic acids is 1. The fraction of sp³-hybridized carbons (Fsp3) is 0.350. The molecular formula is C20H26N2O4S. The number of carbonyl (C=O) groups is 1. The van der Waals surface area contributed by atoms with Crippen molar-refractivity contribution in [3.8, 4) is 5.75 Å². The largest absolute Gasteiger partial charge is 0.497 e. The molecule has 2 aromatic rings. The van der Waals surface area contributed by atoms with E-state index >= 15 is 0 Å². The molecule has 0 saturated carbocycles. The highest BCUT2D eigenvalue weighted by Crippen LogP contribution is 2.21. The topological polar surface area (TPSA) is 75.7 Å². The monoisotopic (exact) mass is 390 g/mol. The van der Waals surface area contributed by atoms with Gasteiger partial charge in [0.15, 0.2) is 0 Å². The first-order valence-electron chi connectivity index (χ1n) is 8.72. The van der Waals surface area contributed by atoms with E-state index in [0.717, 1.165) is 11.8 Å². The summed E-state index contributed by atoms with van der Waals surface area (Å²) in [6.45, 7) is 4.52. The molecule has 1 N–H and O–H groups in total. The maximum absolute atomic E-state index is 12.2. The molecular weight excluding hydrogens is 364 g/mol. The Labute approximate surface area is 161 Å². The Bertz CT molecular complexity index is 860. The molecule has 0 heterocycles. The second kappa shape index (κ2) is 8.90. The van der Waals surface area contributed by atoms with E-state index in [-0.39, 0.29) is 19.0 Å². The number of methoxy groups -OCH3 is 1. The van der Waals surface area contributed by atoms with Gasteiger partial charge < -0.3 is 10.1 Å². The highest BCUT2D eigenvalue weighted by Gasteiger charge is 2.18. The van der Waals surface area contributed by atoms with Gasteiger partial charge in [0.2, 0.25) is 10.0 Å². The molecule has 0 bridgehead atoms. The van der Waals surface area contributed by atoms with Crippen molar-refractivity contribution < 1.29 is 17.9 Å². The Morgan fingerprint density at radius 3 is 2.15 bits per heavy atom. The van der Waals surface area contributed by atoms with Crippen LogP contribution in [0.25, 0.3) is 0 Å². The second-order valence-electron chi connectivity index (χ2n) is 6.57. The summed E-state index contributed by atoms with van der Waals surface area (Å²) in [7, 11) is -1.90. The molecule has 0 fully saturated rings. The summed E-state index contributed by atoms with van der Waals surface area (Å²) in [4.78, 5) is 12.2. The van der Waals surface area contributed by atoms with Gasteiger partial charge in [-0.05, 0) is 47.9 Å². The lowest BCUT2D eigenvalue weighted by Crippen LogP contribution is -2.38. The number of rotatable bonds is 8. The summed E-state index contributed by atoms with van der Waals surface area (Å²) in [6, 6.07) is 14.2. The van der Waals surface area contributed by atoms with Crippen LogP contribution in [0, 0.1) is 0 Å². The Balaban J connectivity index is 2.03. The van der Waals surface area contributed by atoms with E-state index in [1.165, 1.54) is 4.31 Å². The van der Waals surface area contributed by atoms with Crippen LogP contribution in [-0.2, 0) is 10.0 Å². The van der Waals surface area contributed by atoms with Gasteiger partial charge >= 0.3 is 0 Å². The second-order valence-corrected chi connectivity index (χ2v) is 8.47. The van der Waals surface area contributed by atoms with E-state index in [9.17, 15) is 13.2 Å². The van der Waals surface area contributed by atoms with Crippen LogP contribution >= 0.6 is 0 Å². The third kappa shape index (κ3) is 5.72. The van der Waals surface area contributed by atoms with E-state index < -0.39 is 10.0 Å². The molecule has 0 radical (unpaired) electrons. The summed E-state index contributed by atoms with van der Waals surface area (Å²) in [6.07, 6.45) is 1.16. The van der Waals surface area contributed by atoms with Gasteiger partial charge in [-0.3, -0.25) is 9.10 Å². The summed E-state index contributed by atoms with van der Waals surface area (Å²) < 4.78 is 30.7. The first-order chi connectivity index (χ1) is 12.7. The Hall–Kier alpha value is -2.54. The van der Waals surface area contributed by atoms with Gasteiger partial charge in [0.1, 0.15) is 5.75 Å². The molecule has 6 nitrogen and oxygen atoms in total. The van der Waals surface area contributed by atoms with Gasteiger partial charge in [-0.2, -0.15) is 0 Å². The predicted molar refractivity (Wildman–Crippen MR) is 108 cm³/mol. The number of amides is 1. The van der Waals surface area contributed by atoms with Crippen LogP contribution in [0.5, 0.6) is 5.75 Å². The van der Waals surface area contributed by atoms with Gasteiger partial charge in [-0.15, -0.1) is 0 Å². The number of hydrogen-bond acceptors (Lipinski definition) is 4. The molecule has 2 rings (SSSR count). The number of nitrogens with zero attached hydrogens (tertiary/aromatic N) is 1. The zero-order valence-corrected chi connectivity index (χ0v) is 16.9. The minimum Gasteiger partial charge on any atom is -0.497 e. The van der Waals surface area contributed by atoms with Crippen molar-refractivity contribution in [3.05, 3.63) is 59.7 Å². The van der Waals surface area contributed by atoms with Crippen molar-refractivity contribution in [2.75, 3.05) is 30.8 Å². The molecule has 7 heteroatoms. The highest BCUT2D eigenvalue weighted by atomic mass is 32.2.